The fraction of sp³-hybridized carbons (Fsp3) is 0.294. The van der Waals surface area contributed by atoms with E-state index >= 15 is 0 Å². The second kappa shape index (κ2) is 8.70. The van der Waals surface area contributed by atoms with Gasteiger partial charge in [0.15, 0.2) is 0 Å². The lowest BCUT2D eigenvalue weighted by atomic mass is 10.2. The largest absolute Gasteiger partial charge is 0.466 e. The van der Waals surface area contributed by atoms with Crippen molar-refractivity contribution in [1.82, 2.24) is 5.32 Å². The molecule has 0 spiro atoms. The molecule has 1 aromatic carbocycles. The van der Waals surface area contributed by atoms with Crippen LogP contribution in [0.3, 0.4) is 0 Å². The Bertz CT molecular complexity index is 667. The summed E-state index contributed by atoms with van der Waals surface area (Å²) in [6.45, 7) is 2.61. The van der Waals surface area contributed by atoms with Gasteiger partial charge in [0.2, 0.25) is 0 Å². The number of rotatable bonds is 7. The van der Waals surface area contributed by atoms with E-state index < -0.39 is 0 Å². The van der Waals surface area contributed by atoms with Crippen LogP contribution in [0, 0.1) is 0 Å². The summed E-state index contributed by atoms with van der Waals surface area (Å²) >= 11 is 7.30. The van der Waals surface area contributed by atoms with Crippen LogP contribution in [0.2, 0.25) is 5.02 Å². The number of benzene rings is 1. The van der Waals surface area contributed by atoms with Gasteiger partial charge in [-0.2, -0.15) is 0 Å². The van der Waals surface area contributed by atoms with Gasteiger partial charge in [-0.25, -0.2) is 0 Å². The van der Waals surface area contributed by atoms with Gasteiger partial charge in [-0.1, -0.05) is 23.7 Å². The fourth-order valence-corrected chi connectivity index (χ4v) is 3.04. The van der Waals surface area contributed by atoms with Crippen LogP contribution in [-0.2, 0) is 9.53 Å². The molecule has 0 aliphatic carbocycles. The summed E-state index contributed by atoms with van der Waals surface area (Å²) in [6.07, 6.45) is 0.884. The van der Waals surface area contributed by atoms with Crippen LogP contribution in [0.1, 0.15) is 29.4 Å². The Morgan fingerprint density at radius 3 is 2.61 bits per heavy atom. The van der Waals surface area contributed by atoms with Crippen LogP contribution in [0.5, 0.6) is 0 Å². The molecular formula is C17H18ClNO3S. The Morgan fingerprint density at radius 2 is 1.91 bits per heavy atom. The first kappa shape index (κ1) is 17.5. The van der Waals surface area contributed by atoms with E-state index in [1.807, 2.05) is 30.3 Å². The van der Waals surface area contributed by atoms with Gasteiger partial charge in [-0.15, -0.1) is 11.3 Å². The number of thiophene rings is 1. The van der Waals surface area contributed by atoms with E-state index in [1.165, 1.54) is 11.3 Å². The molecule has 0 saturated carbocycles. The van der Waals surface area contributed by atoms with Crippen molar-refractivity contribution in [3.8, 4) is 10.4 Å². The van der Waals surface area contributed by atoms with E-state index in [9.17, 15) is 9.59 Å². The quantitative estimate of drug-likeness (QED) is 0.602. The van der Waals surface area contributed by atoms with Gasteiger partial charge in [0.25, 0.3) is 5.91 Å². The van der Waals surface area contributed by atoms with Gasteiger partial charge in [-0.05, 0) is 43.2 Å². The van der Waals surface area contributed by atoms with Crippen molar-refractivity contribution in [3.05, 3.63) is 46.3 Å². The third-order valence-corrected chi connectivity index (χ3v) is 4.49. The summed E-state index contributed by atoms with van der Waals surface area (Å²) in [5.41, 5.74) is 1.03. The van der Waals surface area contributed by atoms with Crippen LogP contribution < -0.4 is 5.32 Å². The number of amides is 1. The molecule has 1 heterocycles. The van der Waals surface area contributed by atoms with Gasteiger partial charge in [0, 0.05) is 22.9 Å². The average molecular weight is 352 g/mol. The maximum absolute atomic E-state index is 12.1. The molecule has 4 nitrogen and oxygen atoms in total. The Hall–Kier alpha value is -1.85. The lowest BCUT2D eigenvalue weighted by Gasteiger charge is -2.03. The van der Waals surface area contributed by atoms with Crippen LogP contribution in [0.15, 0.2) is 36.4 Å². The van der Waals surface area contributed by atoms with E-state index in [0.717, 1.165) is 10.4 Å². The molecule has 23 heavy (non-hydrogen) atoms. The lowest BCUT2D eigenvalue weighted by Crippen LogP contribution is -2.24. The molecule has 0 unspecified atom stereocenters. The van der Waals surface area contributed by atoms with Crippen molar-refractivity contribution in [2.75, 3.05) is 13.2 Å². The van der Waals surface area contributed by atoms with Crippen LogP contribution in [-0.4, -0.2) is 25.0 Å². The summed E-state index contributed by atoms with van der Waals surface area (Å²) in [5.74, 6) is -0.359. The highest BCUT2D eigenvalue weighted by Gasteiger charge is 2.10. The standard InChI is InChI=1S/C17H18ClNO3S/c1-2-22-16(20)4-3-11-19-17(21)15-10-9-14(23-15)12-5-7-13(18)8-6-12/h5-10H,2-4,11H2,1H3,(H,19,21). The van der Waals surface area contributed by atoms with Gasteiger partial charge in [0.05, 0.1) is 11.5 Å². The third-order valence-electron chi connectivity index (χ3n) is 3.11. The Balaban J connectivity index is 1.84. The Kier molecular flexibility index (Phi) is 6.62. The number of hydrogen-bond donors (Lipinski definition) is 1. The molecule has 0 aliphatic rings. The van der Waals surface area contributed by atoms with Crippen LogP contribution in [0.25, 0.3) is 10.4 Å². The number of nitrogens with one attached hydrogen (secondary N) is 1. The molecular weight excluding hydrogens is 334 g/mol. The first-order chi connectivity index (χ1) is 11.1. The molecule has 1 amide bonds. The van der Waals surface area contributed by atoms with E-state index in [2.05, 4.69) is 5.32 Å². The van der Waals surface area contributed by atoms with Gasteiger partial charge < -0.3 is 10.1 Å². The topological polar surface area (TPSA) is 55.4 Å². The van der Waals surface area contributed by atoms with Crippen molar-refractivity contribution >= 4 is 34.8 Å². The van der Waals surface area contributed by atoms with E-state index in [0.29, 0.717) is 35.9 Å². The number of carbonyl (C=O) groups is 2. The summed E-state index contributed by atoms with van der Waals surface area (Å²) in [7, 11) is 0. The second-order valence-corrected chi connectivity index (χ2v) is 6.36. The van der Waals surface area contributed by atoms with Crippen molar-refractivity contribution in [1.29, 1.82) is 0 Å². The second-order valence-electron chi connectivity index (χ2n) is 4.84. The molecule has 0 radical (unpaired) electrons. The smallest absolute Gasteiger partial charge is 0.305 e. The first-order valence-electron chi connectivity index (χ1n) is 7.39. The van der Waals surface area contributed by atoms with E-state index in [1.54, 1.807) is 13.0 Å². The number of carbonyl (C=O) groups excluding carboxylic acids is 2. The molecule has 0 atom stereocenters. The zero-order valence-electron chi connectivity index (χ0n) is 12.8. The van der Waals surface area contributed by atoms with Crippen molar-refractivity contribution in [2.45, 2.75) is 19.8 Å². The van der Waals surface area contributed by atoms with Gasteiger partial charge >= 0.3 is 5.97 Å². The number of esters is 1. The number of ether oxygens (including phenoxy) is 1. The molecule has 2 aromatic rings. The van der Waals surface area contributed by atoms with E-state index in [4.69, 9.17) is 16.3 Å². The minimum Gasteiger partial charge on any atom is -0.466 e. The first-order valence-corrected chi connectivity index (χ1v) is 8.59. The molecule has 1 N–H and O–H groups in total. The molecule has 0 fully saturated rings. The summed E-state index contributed by atoms with van der Waals surface area (Å²) in [4.78, 5) is 24.9. The third kappa shape index (κ3) is 5.37. The van der Waals surface area contributed by atoms with E-state index in [-0.39, 0.29) is 11.9 Å². The molecule has 6 heteroatoms. The van der Waals surface area contributed by atoms with Crippen molar-refractivity contribution in [2.24, 2.45) is 0 Å². The lowest BCUT2D eigenvalue weighted by molar-refractivity contribution is -0.143. The minimum atomic E-state index is -0.233. The minimum absolute atomic E-state index is 0.126. The number of halogens is 1. The SMILES string of the molecule is CCOC(=O)CCCNC(=O)c1ccc(-c2ccc(Cl)cc2)s1. The van der Waals surface area contributed by atoms with Crippen molar-refractivity contribution in [3.63, 3.8) is 0 Å². The highest BCUT2D eigenvalue weighted by Crippen LogP contribution is 2.28. The zero-order valence-corrected chi connectivity index (χ0v) is 14.4. The maximum Gasteiger partial charge on any atom is 0.305 e. The van der Waals surface area contributed by atoms with Gasteiger partial charge in [-0.3, -0.25) is 9.59 Å². The molecule has 0 aliphatic heterocycles. The summed E-state index contributed by atoms with van der Waals surface area (Å²) in [6, 6.07) is 11.2. The normalized spacial score (nSPS) is 10.3. The fourth-order valence-electron chi connectivity index (χ4n) is 1.98. The summed E-state index contributed by atoms with van der Waals surface area (Å²) in [5, 5.41) is 3.50. The van der Waals surface area contributed by atoms with Crippen molar-refractivity contribution < 1.29 is 14.3 Å². The molecule has 0 bridgehead atoms. The van der Waals surface area contributed by atoms with Crippen LogP contribution >= 0.6 is 22.9 Å². The highest BCUT2D eigenvalue weighted by molar-refractivity contribution is 7.17. The maximum atomic E-state index is 12.1. The molecule has 122 valence electrons. The average Bonchev–Trinajstić information content (AvgIpc) is 3.02. The Labute approximate surface area is 144 Å². The van der Waals surface area contributed by atoms with Gasteiger partial charge in [0.1, 0.15) is 0 Å². The Morgan fingerprint density at radius 1 is 1.17 bits per heavy atom. The summed E-state index contributed by atoms with van der Waals surface area (Å²) < 4.78 is 4.84. The predicted octanol–water partition coefficient (Wildman–Crippen LogP) is 4.14. The zero-order chi connectivity index (χ0) is 16.7. The molecule has 0 saturated heterocycles. The predicted molar refractivity (Wildman–Crippen MR) is 93.0 cm³/mol. The van der Waals surface area contributed by atoms with Crippen LogP contribution in [0.4, 0.5) is 0 Å². The monoisotopic (exact) mass is 351 g/mol. The number of hydrogen-bond acceptors (Lipinski definition) is 4. The molecule has 1 aromatic heterocycles. The molecule has 2 rings (SSSR count). The highest BCUT2D eigenvalue weighted by atomic mass is 35.5.